The molecule has 8 heteroatoms. The van der Waals surface area contributed by atoms with E-state index in [2.05, 4.69) is 4.72 Å². The highest BCUT2D eigenvalue weighted by Gasteiger charge is 2.18. The fraction of sp³-hybridized carbons (Fsp3) is 0.417. The molecular weight excluding hydrogens is 300 g/mol. The van der Waals surface area contributed by atoms with E-state index < -0.39 is 10.0 Å². The van der Waals surface area contributed by atoms with E-state index in [0.717, 1.165) is 0 Å². The molecule has 0 bridgehead atoms. The fourth-order valence-corrected chi connectivity index (χ4v) is 2.98. The molecule has 0 unspecified atom stereocenters. The van der Waals surface area contributed by atoms with Gasteiger partial charge in [0.25, 0.3) is 0 Å². The number of fused-ring (bicyclic) bond motifs is 1. The average molecular weight is 316 g/mol. The van der Waals surface area contributed by atoms with Crippen molar-refractivity contribution in [3.8, 4) is 11.5 Å². The molecule has 1 aliphatic heterocycles. The zero-order valence-corrected chi connectivity index (χ0v) is 12.4. The summed E-state index contributed by atoms with van der Waals surface area (Å²) in [5.74, 6) is 1.01. The van der Waals surface area contributed by atoms with Gasteiger partial charge < -0.3 is 15.2 Å². The molecule has 0 fully saturated rings. The van der Waals surface area contributed by atoms with Gasteiger partial charge in [-0.25, -0.2) is 13.1 Å². The molecule has 0 aromatic heterocycles. The van der Waals surface area contributed by atoms with Crippen LogP contribution < -0.4 is 19.9 Å². The normalized spacial score (nSPS) is 14.0. The molecule has 6 nitrogen and oxygen atoms in total. The average Bonchev–Trinajstić information content (AvgIpc) is 2.43. The number of thiocarbonyl (C=S) groups is 1. The van der Waals surface area contributed by atoms with E-state index in [4.69, 9.17) is 27.4 Å². The first-order valence-electron chi connectivity index (χ1n) is 6.17. The van der Waals surface area contributed by atoms with Crippen molar-refractivity contribution in [2.24, 2.45) is 5.73 Å². The summed E-state index contributed by atoms with van der Waals surface area (Å²) in [7, 11) is -3.56. The largest absolute Gasteiger partial charge is 0.486 e. The molecule has 2 rings (SSSR count). The van der Waals surface area contributed by atoms with Crippen LogP contribution in [0, 0.1) is 0 Å². The van der Waals surface area contributed by atoms with Gasteiger partial charge in [0.05, 0.1) is 9.88 Å². The molecule has 1 aliphatic rings. The lowest BCUT2D eigenvalue weighted by Gasteiger charge is -2.18. The van der Waals surface area contributed by atoms with Crippen molar-refractivity contribution in [3.63, 3.8) is 0 Å². The van der Waals surface area contributed by atoms with Gasteiger partial charge in [0.15, 0.2) is 11.5 Å². The van der Waals surface area contributed by atoms with Crippen LogP contribution in [0.2, 0.25) is 0 Å². The molecule has 1 aromatic carbocycles. The second-order valence-electron chi connectivity index (χ2n) is 4.27. The molecule has 1 heterocycles. The minimum absolute atomic E-state index is 0.150. The van der Waals surface area contributed by atoms with Crippen LogP contribution in [0.3, 0.4) is 0 Å². The van der Waals surface area contributed by atoms with Crippen molar-refractivity contribution < 1.29 is 17.9 Å². The van der Waals surface area contributed by atoms with Gasteiger partial charge in [-0.3, -0.25) is 0 Å². The molecular formula is C12H16N2O4S2. The van der Waals surface area contributed by atoms with Crippen LogP contribution in [-0.2, 0) is 10.0 Å². The molecule has 0 radical (unpaired) electrons. The van der Waals surface area contributed by atoms with E-state index in [1.54, 1.807) is 6.07 Å². The van der Waals surface area contributed by atoms with Crippen molar-refractivity contribution in [3.05, 3.63) is 18.2 Å². The fourth-order valence-electron chi connectivity index (χ4n) is 1.74. The van der Waals surface area contributed by atoms with E-state index in [1.165, 1.54) is 12.1 Å². The van der Waals surface area contributed by atoms with Crippen LogP contribution in [0.4, 0.5) is 0 Å². The first-order valence-corrected chi connectivity index (χ1v) is 8.06. The van der Waals surface area contributed by atoms with Gasteiger partial charge in [-0.15, -0.1) is 0 Å². The second-order valence-corrected chi connectivity index (χ2v) is 6.56. The minimum Gasteiger partial charge on any atom is -0.486 e. The third-order valence-corrected chi connectivity index (χ3v) is 4.38. The molecule has 0 atom stereocenters. The third-order valence-electron chi connectivity index (χ3n) is 2.72. The first-order chi connectivity index (χ1) is 9.49. The summed E-state index contributed by atoms with van der Waals surface area (Å²) in [6.45, 7) is 1.17. The number of hydrogen-bond acceptors (Lipinski definition) is 5. The molecule has 1 aromatic rings. The van der Waals surface area contributed by atoms with E-state index in [0.29, 0.717) is 42.5 Å². The van der Waals surface area contributed by atoms with Crippen LogP contribution in [0.25, 0.3) is 0 Å². The zero-order chi connectivity index (χ0) is 14.6. The predicted octanol–water partition coefficient (Wildman–Crippen LogP) is 0.802. The number of benzene rings is 1. The van der Waals surface area contributed by atoms with Gasteiger partial charge in [-0.05, 0) is 25.0 Å². The Labute approximate surface area is 123 Å². The maximum atomic E-state index is 12.1. The summed E-state index contributed by atoms with van der Waals surface area (Å²) in [5.41, 5.74) is 5.35. The van der Waals surface area contributed by atoms with Crippen LogP contribution in [0.5, 0.6) is 11.5 Å². The van der Waals surface area contributed by atoms with Crippen molar-refractivity contribution in [1.82, 2.24) is 4.72 Å². The Balaban J connectivity index is 2.03. The second kappa shape index (κ2) is 6.38. The summed E-state index contributed by atoms with van der Waals surface area (Å²) in [5, 5.41) is 0. The van der Waals surface area contributed by atoms with Gasteiger partial charge in [0.2, 0.25) is 10.0 Å². The van der Waals surface area contributed by atoms with Gasteiger partial charge in [0, 0.05) is 12.6 Å². The number of ether oxygens (including phenoxy) is 2. The highest BCUT2D eigenvalue weighted by Crippen LogP contribution is 2.32. The SMILES string of the molecule is NC(=S)CCCNS(=O)(=O)c1ccc2c(c1)OCCO2. The van der Waals surface area contributed by atoms with Gasteiger partial charge in [-0.2, -0.15) is 0 Å². The van der Waals surface area contributed by atoms with Crippen molar-refractivity contribution in [1.29, 1.82) is 0 Å². The zero-order valence-electron chi connectivity index (χ0n) is 10.8. The Bertz CT molecular complexity index is 601. The number of nitrogens with two attached hydrogens (primary N) is 1. The molecule has 3 N–H and O–H groups in total. The Morgan fingerprint density at radius 2 is 2.00 bits per heavy atom. The monoisotopic (exact) mass is 316 g/mol. The third kappa shape index (κ3) is 3.81. The smallest absolute Gasteiger partial charge is 0.240 e. The Kier molecular flexibility index (Phi) is 4.79. The van der Waals surface area contributed by atoms with Gasteiger partial charge in [0.1, 0.15) is 13.2 Å². The van der Waals surface area contributed by atoms with Gasteiger partial charge >= 0.3 is 0 Å². The van der Waals surface area contributed by atoms with E-state index in [1.807, 2.05) is 0 Å². The summed E-state index contributed by atoms with van der Waals surface area (Å²) in [6.07, 6.45) is 1.08. The highest BCUT2D eigenvalue weighted by molar-refractivity contribution is 7.89. The minimum atomic E-state index is -3.56. The van der Waals surface area contributed by atoms with Crippen LogP contribution in [0.1, 0.15) is 12.8 Å². The molecule has 0 amide bonds. The maximum Gasteiger partial charge on any atom is 0.240 e. The summed E-state index contributed by atoms with van der Waals surface area (Å²) < 4.78 is 37.4. The molecule has 0 aliphatic carbocycles. The van der Waals surface area contributed by atoms with Crippen molar-refractivity contribution in [2.75, 3.05) is 19.8 Å². The highest BCUT2D eigenvalue weighted by atomic mass is 32.2. The standard InChI is InChI=1S/C12H16N2O4S2/c13-12(19)2-1-5-14-20(15,16)9-3-4-10-11(8-9)18-7-6-17-10/h3-4,8,14H,1-2,5-7H2,(H2,13,19). The number of nitrogens with one attached hydrogen (secondary N) is 1. The Hall–Kier alpha value is -1.38. The lowest BCUT2D eigenvalue weighted by molar-refractivity contribution is 0.171. The molecule has 20 heavy (non-hydrogen) atoms. The van der Waals surface area contributed by atoms with E-state index in [9.17, 15) is 8.42 Å². The van der Waals surface area contributed by atoms with Gasteiger partial charge in [-0.1, -0.05) is 12.2 Å². The number of sulfonamides is 1. The molecule has 0 spiro atoms. The maximum absolute atomic E-state index is 12.1. The summed E-state index contributed by atoms with van der Waals surface area (Å²) in [4.78, 5) is 0.528. The van der Waals surface area contributed by atoms with Crippen molar-refractivity contribution >= 4 is 27.2 Å². The summed E-state index contributed by atoms with van der Waals surface area (Å²) in [6, 6.07) is 4.55. The molecule has 110 valence electrons. The number of hydrogen-bond donors (Lipinski definition) is 2. The molecule has 0 saturated carbocycles. The van der Waals surface area contributed by atoms with Crippen molar-refractivity contribution in [2.45, 2.75) is 17.7 Å². The quantitative estimate of drug-likeness (QED) is 0.596. The number of rotatable bonds is 6. The molecule has 0 saturated heterocycles. The first kappa shape index (κ1) is 15.0. The van der Waals surface area contributed by atoms with E-state index in [-0.39, 0.29) is 11.4 Å². The lowest BCUT2D eigenvalue weighted by Crippen LogP contribution is -2.26. The van der Waals surface area contributed by atoms with Crippen LogP contribution >= 0.6 is 12.2 Å². The topological polar surface area (TPSA) is 90.7 Å². The lowest BCUT2D eigenvalue weighted by atomic mass is 10.3. The van der Waals surface area contributed by atoms with Crippen LogP contribution in [-0.4, -0.2) is 33.2 Å². The predicted molar refractivity (Wildman–Crippen MR) is 78.6 cm³/mol. The summed E-state index contributed by atoms with van der Waals surface area (Å²) >= 11 is 4.73. The van der Waals surface area contributed by atoms with E-state index >= 15 is 0 Å². The Morgan fingerprint density at radius 1 is 1.30 bits per heavy atom. The Morgan fingerprint density at radius 3 is 2.70 bits per heavy atom. The van der Waals surface area contributed by atoms with Crippen LogP contribution in [0.15, 0.2) is 23.1 Å².